The maximum Gasteiger partial charge on any atom is 0.243 e. The van der Waals surface area contributed by atoms with Crippen molar-refractivity contribution in [3.05, 3.63) is 88.4 Å². The fraction of sp³-hybridized carbons (Fsp3) is 0.292. The van der Waals surface area contributed by atoms with Crippen molar-refractivity contribution >= 4 is 27.3 Å². The van der Waals surface area contributed by atoms with Crippen molar-refractivity contribution in [3.8, 4) is 0 Å². The first-order chi connectivity index (χ1) is 15.9. The minimum absolute atomic E-state index is 0.0803. The Morgan fingerprint density at radius 2 is 1.73 bits per heavy atom. The van der Waals surface area contributed by atoms with Crippen molar-refractivity contribution in [2.24, 2.45) is 0 Å². The maximum absolute atomic E-state index is 13.2. The summed E-state index contributed by atoms with van der Waals surface area (Å²) in [6.07, 6.45) is 0.612. The van der Waals surface area contributed by atoms with Crippen LogP contribution < -0.4 is 5.32 Å². The minimum atomic E-state index is -3.70. The molecule has 1 atom stereocenters. The second kappa shape index (κ2) is 10.6. The second-order valence-corrected chi connectivity index (χ2v) is 10.8. The zero-order valence-corrected chi connectivity index (χ0v) is 19.7. The molecule has 1 N–H and O–H groups in total. The molecule has 0 saturated carbocycles. The lowest BCUT2D eigenvalue weighted by Gasteiger charge is -2.23. The number of benzene rings is 2. The number of hydrogen-bond acceptors (Lipinski definition) is 5. The molecule has 1 aromatic heterocycles. The molecule has 4 rings (SSSR count). The number of amides is 1. The zero-order valence-electron chi connectivity index (χ0n) is 18.1. The topological polar surface area (TPSA) is 69.7 Å². The van der Waals surface area contributed by atoms with Gasteiger partial charge < -0.3 is 5.32 Å². The molecule has 1 unspecified atom stereocenters. The molecule has 2 heterocycles. The molecule has 0 aliphatic carbocycles. The van der Waals surface area contributed by atoms with Crippen LogP contribution >= 0.6 is 11.3 Å². The van der Waals surface area contributed by atoms with Crippen LogP contribution in [0, 0.1) is 5.82 Å². The van der Waals surface area contributed by atoms with Crippen LogP contribution in [0.5, 0.6) is 0 Å². The molecule has 1 saturated heterocycles. The lowest BCUT2D eigenvalue weighted by Crippen LogP contribution is -2.41. The van der Waals surface area contributed by atoms with Crippen LogP contribution in [0.3, 0.4) is 0 Å². The van der Waals surface area contributed by atoms with Gasteiger partial charge in [0, 0.05) is 24.5 Å². The molecule has 33 heavy (non-hydrogen) atoms. The Morgan fingerprint density at radius 3 is 2.42 bits per heavy atom. The summed E-state index contributed by atoms with van der Waals surface area (Å²) in [4.78, 5) is 16.0. The highest BCUT2D eigenvalue weighted by Crippen LogP contribution is 2.26. The summed E-state index contributed by atoms with van der Waals surface area (Å²) in [5.41, 5.74) is 1.01. The van der Waals surface area contributed by atoms with Gasteiger partial charge in [0.2, 0.25) is 15.9 Å². The molecule has 1 aliphatic heterocycles. The highest BCUT2D eigenvalue weighted by Gasteiger charge is 2.28. The Bertz CT molecular complexity index is 1150. The van der Waals surface area contributed by atoms with E-state index in [1.165, 1.54) is 16.4 Å². The van der Waals surface area contributed by atoms with E-state index in [-0.39, 0.29) is 29.9 Å². The van der Waals surface area contributed by atoms with Gasteiger partial charge in [-0.25, -0.2) is 12.8 Å². The van der Waals surface area contributed by atoms with Gasteiger partial charge in [0.25, 0.3) is 0 Å². The van der Waals surface area contributed by atoms with Gasteiger partial charge in [-0.2, -0.15) is 4.31 Å². The molecule has 1 fully saturated rings. The van der Waals surface area contributed by atoms with E-state index < -0.39 is 15.8 Å². The molecule has 1 aliphatic rings. The molecule has 6 nitrogen and oxygen atoms in total. The second-order valence-electron chi connectivity index (χ2n) is 7.91. The summed E-state index contributed by atoms with van der Waals surface area (Å²) in [5, 5.41) is 5.13. The van der Waals surface area contributed by atoms with E-state index in [9.17, 15) is 17.6 Å². The molecule has 0 radical (unpaired) electrons. The van der Waals surface area contributed by atoms with Crippen LogP contribution in [0.2, 0.25) is 0 Å². The van der Waals surface area contributed by atoms with E-state index in [0.29, 0.717) is 26.1 Å². The number of carbonyl (C=O) groups excluding carboxylic acids is 1. The lowest BCUT2D eigenvalue weighted by molar-refractivity contribution is -0.122. The largest absolute Gasteiger partial charge is 0.343 e. The third kappa shape index (κ3) is 5.86. The van der Waals surface area contributed by atoms with Gasteiger partial charge >= 0.3 is 0 Å². The number of nitrogens with zero attached hydrogens (tertiary/aromatic N) is 2. The monoisotopic (exact) mass is 487 g/mol. The van der Waals surface area contributed by atoms with E-state index in [1.54, 1.807) is 11.3 Å². The highest BCUT2D eigenvalue weighted by molar-refractivity contribution is 7.89. The molecule has 2 aromatic carbocycles. The summed E-state index contributed by atoms with van der Waals surface area (Å²) < 4.78 is 40.4. The summed E-state index contributed by atoms with van der Waals surface area (Å²) in [6.45, 7) is 1.90. The van der Waals surface area contributed by atoms with Crippen molar-refractivity contribution in [1.29, 1.82) is 0 Å². The number of carbonyl (C=O) groups is 1. The van der Waals surface area contributed by atoms with E-state index >= 15 is 0 Å². The first-order valence-electron chi connectivity index (χ1n) is 10.8. The predicted molar refractivity (Wildman–Crippen MR) is 127 cm³/mol. The van der Waals surface area contributed by atoms with E-state index in [0.717, 1.165) is 22.6 Å². The number of rotatable bonds is 7. The van der Waals surface area contributed by atoms with Crippen LogP contribution in [0.15, 0.2) is 77.0 Å². The summed E-state index contributed by atoms with van der Waals surface area (Å²) in [6, 6.07) is 18.5. The maximum atomic E-state index is 13.2. The molecular formula is C24H26FN3O3S2. The fourth-order valence-electron chi connectivity index (χ4n) is 3.93. The average molecular weight is 488 g/mol. The first kappa shape index (κ1) is 23.6. The zero-order chi connectivity index (χ0) is 23.3. The van der Waals surface area contributed by atoms with E-state index in [4.69, 9.17) is 0 Å². The van der Waals surface area contributed by atoms with Crippen molar-refractivity contribution in [2.75, 3.05) is 32.7 Å². The number of hydrogen-bond donors (Lipinski definition) is 1. The van der Waals surface area contributed by atoms with Crippen LogP contribution in [0.1, 0.15) is 22.9 Å². The van der Waals surface area contributed by atoms with E-state index in [1.807, 2.05) is 52.7 Å². The Hall–Kier alpha value is -2.59. The minimum Gasteiger partial charge on any atom is -0.343 e. The fourth-order valence-corrected chi connectivity index (χ4v) is 6.20. The summed E-state index contributed by atoms with van der Waals surface area (Å²) in [7, 11) is -3.70. The smallest absolute Gasteiger partial charge is 0.243 e. The molecule has 174 valence electrons. The normalized spacial score (nSPS) is 16.8. The number of sulfonamides is 1. The van der Waals surface area contributed by atoms with Crippen molar-refractivity contribution in [1.82, 2.24) is 14.5 Å². The number of thiophene rings is 1. The first-order valence-corrected chi connectivity index (χ1v) is 13.1. The van der Waals surface area contributed by atoms with Crippen LogP contribution in [-0.2, 0) is 14.8 Å². The molecule has 3 aromatic rings. The van der Waals surface area contributed by atoms with Gasteiger partial charge in [0.15, 0.2) is 0 Å². The summed E-state index contributed by atoms with van der Waals surface area (Å²) >= 11 is 1.59. The van der Waals surface area contributed by atoms with Gasteiger partial charge in [-0.05, 0) is 54.2 Å². The van der Waals surface area contributed by atoms with Crippen molar-refractivity contribution < 1.29 is 17.6 Å². The van der Waals surface area contributed by atoms with Gasteiger partial charge in [-0.3, -0.25) is 9.69 Å². The van der Waals surface area contributed by atoms with Gasteiger partial charge in [-0.15, -0.1) is 11.3 Å². The third-order valence-corrected chi connectivity index (χ3v) is 8.48. The van der Waals surface area contributed by atoms with Crippen molar-refractivity contribution in [2.45, 2.75) is 17.4 Å². The van der Waals surface area contributed by atoms with Crippen LogP contribution in [0.25, 0.3) is 0 Å². The third-order valence-electron chi connectivity index (χ3n) is 5.63. The average Bonchev–Trinajstić information content (AvgIpc) is 3.24. The Kier molecular flexibility index (Phi) is 7.54. The Labute approximate surface area is 197 Å². The molecule has 9 heteroatoms. The van der Waals surface area contributed by atoms with Gasteiger partial charge in [0.1, 0.15) is 5.82 Å². The molecule has 0 bridgehead atoms. The van der Waals surface area contributed by atoms with E-state index in [2.05, 4.69) is 5.32 Å². The number of halogens is 1. The van der Waals surface area contributed by atoms with Gasteiger partial charge in [-0.1, -0.05) is 36.4 Å². The van der Waals surface area contributed by atoms with Crippen molar-refractivity contribution in [3.63, 3.8) is 0 Å². The standard InChI is InChI=1S/C24H26FN3O3S2/c25-20-9-11-21(12-10-20)33(30,31)28-14-5-13-27(15-16-28)18-23(29)26-24(22-8-4-17-32-22)19-6-2-1-3-7-19/h1-4,6-12,17,24H,5,13-16,18H2,(H,26,29). The van der Waals surface area contributed by atoms with Gasteiger partial charge in [0.05, 0.1) is 17.5 Å². The Morgan fingerprint density at radius 1 is 0.970 bits per heavy atom. The SMILES string of the molecule is O=C(CN1CCCN(S(=O)(=O)c2ccc(F)cc2)CC1)NC(c1ccccc1)c1cccs1. The molecular weight excluding hydrogens is 461 g/mol. The van der Waals surface area contributed by atoms with Crippen LogP contribution in [0.4, 0.5) is 4.39 Å². The Balaban J connectivity index is 1.38. The van der Waals surface area contributed by atoms with Crippen LogP contribution in [-0.4, -0.2) is 56.3 Å². The predicted octanol–water partition coefficient (Wildman–Crippen LogP) is 3.49. The quantitative estimate of drug-likeness (QED) is 0.554. The summed E-state index contributed by atoms with van der Waals surface area (Å²) in [5.74, 6) is -0.578. The molecule has 0 spiro atoms. The highest BCUT2D eigenvalue weighted by atomic mass is 32.2. The lowest BCUT2D eigenvalue weighted by atomic mass is 10.1. The number of nitrogens with one attached hydrogen (secondary N) is 1. The molecule has 1 amide bonds.